The molecule has 0 aliphatic carbocycles. The maximum atomic E-state index is 11.9. The Morgan fingerprint density at radius 1 is 1.27 bits per heavy atom. The second kappa shape index (κ2) is 6.75. The van der Waals surface area contributed by atoms with Crippen molar-refractivity contribution in [2.24, 2.45) is 0 Å². The van der Waals surface area contributed by atoms with E-state index in [4.69, 9.17) is 14.0 Å². The zero-order valence-corrected chi connectivity index (χ0v) is 12.5. The van der Waals surface area contributed by atoms with E-state index in [2.05, 4.69) is 10.5 Å². The third kappa shape index (κ3) is 3.85. The molecule has 116 valence electrons. The van der Waals surface area contributed by atoms with Crippen molar-refractivity contribution in [1.82, 2.24) is 5.16 Å². The molecule has 1 aromatic heterocycles. The topological polar surface area (TPSA) is 90.7 Å². The highest BCUT2D eigenvalue weighted by molar-refractivity contribution is 5.95. The SMILES string of the molecule is COc1cc(C(=O)OCC(=O)Nc2cc(C)on2)ccc1C. The van der Waals surface area contributed by atoms with Crippen LogP contribution in [0, 0.1) is 13.8 Å². The Labute approximate surface area is 127 Å². The Morgan fingerprint density at radius 3 is 2.68 bits per heavy atom. The highest BCUT2D eigenvalue weighted by Gasteiger charge is 2.13. The number of hydrogen-bond acceptors (Lipinski definition) is 6. The van der Waals surface area contributed by atoms with Gasteiger partial charge in [0.05, 0.1) is 12.7 Å². The van der Waals surface area contributed by atoms with Crippen LogP contribution in [0.1, 0.15) is 21.7 Å². The van der Waals surface area contributed by atoms with Gasteiger partial charge in [-0.15, -0.1) is 0 Å². The molecule has 0 unspecified atom stereocenters. The molecule has 0 atom stereocenters. The zero-order valence-electron chi connectivity index (χ0n) is 12.5. The number of anilines is 1. The van der Waals surface area contributed by atoms with Crippen molar-refractivity contribution in [1.29, 1.82) is 0 Å². The van der Waals surface area contributed by atoms with Crippen LogP contribution in [-0.4, -0.2) is 30.7 Å². The lowest BCUT2D eigenvalue weighted by Gasteiger charge is -2.08. The average molecular weight is 304 g/mol. The highest BCUT2D eigenvalue weighted by atomic mass is 16.5. The number of esters is 1. The summed E-state index contributed by atoms with van der Waals surface area (Å²) in [5, 5.41) is 6.06. The van der Waals surface area contributed by atoms with Gasteiger partial charge in [-0.05, 0) is 31.5 Å². The molecule has 0 saturated carbocycles. The molecule has 0 spiro atoms. The van der Waals surface area contributed by atoms with Crippen LogP contribution in [0.25, 0.3) is 0 Å². The minimum Gasteiger partial charge on any atom is -0.496 e. The minimum atomic E-state index is -0.607. The number of aryl methyl sites for hydroxylation is 2. The largest absolute Gasteiger partial charge is 0.496 e. The second-order valence-electron chi connectivity index (χ2n) is 4.63. The zero-order chi connectivity index (χ0) is 16.1. The molecule has 1 N–H and O–H groups in total. The first-order valence-electron chi connectivity index (χ1n) is 6.54. The van der Waals surface area contributed by atoms with Crippen LogP contribution in [0.4, 0.5) is 5.82 Å². The summed E-state index contributed by atoms with van der Waals surface area (Å²) in [7, 11) is 1.52. The van der Waals surface area contributed by atoms with Crippen LogP contribution in [0.15, 0.2) is 28.8 Å². The number of benzene rings is 1. The molecule has 0 saturated heterocycles. The van der Waals surface area contributed by atoms with Gasteiger partial charge >= 0.3 is 5.97 Å². The number of methoxy groups -OCH3 is 1. The molecule has 2 rings (SSSR count). The number of nitrogens with one attached hydrogen (secondary N) is 1. The van der Waals surface area contributed by atoms with Crippen molar-refractivity contribution in [2.75, 3.05) is 19.0 Å². The molecule has 1 amide bonds. The van der Waals surface area contributed by atoms with Gasteiger partial charge in [-0.2, -0.15) is 0 Å². The summed E-state index contributed by atoms with van der Waals surface area (Å²) in [4.78, 5) is 23.5. The summed E-state index contributed by atoms with van der Waals surface area (Å²) in [6, 6.07) is 6.48. The van der Waals surface area contributed by atoms with E-state index in [1.54, 1.807) is 31.2 Å². The lowest BCUT2D eigenvalue weighted by molar-refractivity contribution is -0.119. The minimum absolute atomic E-state index is 0.274. The third-order valence-electron chi connectivity index (χ3n) is 2.87. The molecule has 0 aliphatic rings. The number of carbonyl (C=O) groups excluding carboxylic acids is 2. The quantitative estimate of drug-likeness (QED) is 0.851. The van der Waals surface area contributed by atoms with Crippen molar-refractivity contribution in [3.63, 3.8) is 0 Å². The fraction of sp³-hybridized carbons (Fsp3) is 0.267. The number of hydrogen-bond donors (Lipinski definition) is 1. The van der Waals surface area contributed by atoms with Crippen LogP contribution in [0.2, 0.25) is 0 Å². The number of carbonyl (C=O) groups is 2. The maximum Gasteiger partial charge on any atom is 0.338 e. The average Bonchev–Trinajstić information content (AvgIpc) is 2.90. The van der Waals surface area contributed by atoms with E-state index in [-0.39, 0.29) is 5.82 Å². The molecule has 1 heterocycles. The summed E-state index contributed by atoms with van der Waals surface area (Å²) in [6.45, 7) is 3.15. The van der Waals surface area contributed by atoms with Crippen LogP contribution in [0.3, 0.4) is 0 Å². The van der Waals surface area contributed by atoms with Gasteiger partial charge in [0.15, 0.2) is 12.4 Å². The van der Waals surface area contributed by atoms with E-state index in [1.165, 1.54) is 7.11 Å². The molecule has 22 heavy (non-hydrogen) atoms. The van der Waals surface area contributed by atoms with Crippen molar-refractivity contribution in [3.05, 3.63) is 41.2 Å². The molecular weight excluding hydrogens is 288 g/mol. The van der Waals surface area contributed by atoms with Gasteiger partial charge in [0, 0.05) is 6.07 Å². The van der Waals surface area contributed by atoms with E-state index in [1.807, 2.05) is 6.92 Å². The van der Waals surface area contributed by atoms with Crippen molar-refractivity contribution in [2.45, 2.75) is 13.8 Å². The fourth-order valence-electron chi connectivity index (χ4n) is 1.77. The van der Waals surface area contributed by atoms with E-state index in [9.17, 15) is 9.59 Å². The molecule has 0 radical (unpaired) electrons. The van der Waals surface area contributed by atoms with Gasteiger partial charge in [-0.3, -0.25) is 4.79 Å². The molecule has 2 aromatic rings. The van der Waals surface area contributed by atoms with Crippen LogP contribution in [-0.2, 0) is 9.53 Å². The molecular formula is C15H16N2O5. The van der Waals surface area contributed by atoms with E-state index in [0.29, 0.717) is 17.1 Å². The standard InChI is InChI=1S/C15H16N2O5/c1-9-4-5-11(7-12(9)20-3)15(19)21-8-14(18)16-13-6-10(2)22-17-13/h4-7H,8H2,1-3H3,(H,16,17,18). The number of nitrogens with zero attached hydrogens (tertiary/aromatic N) is 1. The smallest absolute Gasteiger partial charge is 0.338 e. The lowest BCUT2D eigenvalue weighted by atomic mass is 10.1. The van der Waals surface area contributed by atoms with E-state index < -0.39 is 18.5 Å². The van der Waals surface area contributed by atoms with Gasteiger partial charge < -0.3 is 19.3 Å². The Balaban J connectivity index is 1.90. The van der Waals surface area contributed by atoms with Crippen LogP contribution in [0.5, 0.6) is 5.75 Å². The number of rotatable bonds is 5. The monoisotopic (exact) mass is 304 g/mol. The predicted octanol–water partition coefficient (Wildman–Crippen LogP) is 2.10. The highest BCUT2D eigenvalue weighted by Crippen LogP contribution is 2.19. The summed E-state index contributed by atoms with van der Waals surface area (Å²) in [6.07, 6.45) is 0. The first kappa shape index (κ1) is 15.6. The van der Waals surface area contributed by atoms with Gasteiger partial charge in [0.2, 0.25) is 0 Å². The summed E-state index contributed by atoms with van der Waals surface area (Å²) >= 11 is 0. The normalized spacial score (nSPS) is 10.1. The number of ether oxygens (including phenoxy) is 2. The van der Waals surface area contributed by atoms with E-state index >= 15 is 0 Å². The molecule has 0 aliphatic heterocycles. The summed E-state index contributed by atoms with van der Waals surface area (Å²) in [5.74, 6) is 0.317. The molecule has 1 aromatic carbocycles. The number of amides is 1. The molecule has 7 nitrogen and oxygen atoms in total. The molecule has 0 bridgehead atoms. The van der Waals surface area contributed by atoms with E-state index in [0.717, 1.165) is 5.56 Å². The predicted molar refractivity (Wildman–Crippen MR) is 77.9 cm³/mol. The second-order valence-corrected chi connectivity index (χ2v) is 4.63. The van der Waals surface area contributed by atoms with Gasteiger partial charge in [-0.25, -0.2) is 4.79 Å². The Bertz CT molecular complexity index is 693. The van der Waals surface area contributed by atoms with Gasteiger partial charge in [0.1, 0.15) is 11.5 Å². The van der Waals surface area contributed by atoms with Crippen molar-refractivity contribution in [3.8, 4) is 5.75 Å². The first-order valence-corrected chi connectivity index (χ1v) is 6.54. The third-order valence-corrected chi connectivity index (χ3v) is 2.87. The Kier molecular flexibility index (Phi) is 4.77. The number of aromatic nitrogens is 1. The first-order chi connectivity index (χ1) is 10.5. The fourth-order valence-corrected chi connectivity index (χ4v) is 1.77. The van der Waals surface area contributed by atoms with Crippen molar-refractivity contribution >= 4 is 17.7 Å². The Morgan fingerprint density at radius 2 is 2.05 bits per heavy atom. The summed E-state index contributed by atoms with van der Waals surface area (Å²) < 4.78 is 14.9. The summed E-state index contributed by atoms with van der Waals surface area (Å²) in [5.41, 5.74) is 1.21. The van der Waals surface area contributed by atoms with Crippen LogP contribution >= 0.6 is 0 Å². The maximum absolute atomic E-state index is 11.9. The van der Waals surface area contributed by atoms with Gasteiger partial charge in [-0.1, -0.05) is 11.2 Å². The molecule has 7 heteroatoms. The van der Waals surface area contributed by atoms with Crippen LogP contribution < -0.4 is 10.1 Å². The van der Waals surface area contributed by atoms with Crippen molar-refractivity contribution < 1.29 is 23.6 Å². The lowest BCUT2D eigenvalue weighted by Crippen LogP contribution is -2.21. The Hall–Kier alpha value is -2.83. The van der Waals surface area contributed by atoms with Gasteiger partial charge in [0.25, 0.3) is 5.91 Å². The molecule has 0 fully saturated rings.